The first-order valence-corrected chi connectivity index (χ1v) is 5.90. The standard InChI is InChI=1S/C12H18N4O/c1-9(13)10-2-4-14-11(8-10)16-6-3-12(17)15-5-7-16/h2,4,8-9H,3,5-7,13H2,1H3,(H,15,17). The second kappa shape index (κ2) is 5.14. The first-order chi connectivity index (χ1) is 8.16. The van der Waals surface area contributed by atoms with Crippen molar-refractivity contribution in [1.29, 1.82) is 0 Å². The molecule has 92 valence electrons. The maximum atomic E-state index is 11.3. The summed E-state index contributed by atoms with van der Waals surface area (Å²) in [6.45, 7) is 4.12. The third kappa shape index (κ3) is 2.94. The zero-order valence-electron chi connectivity index (χ0n) is 10.0. The van der Waals surface area contributed by atoms with Gasteiger partial charge in [0.2, 0.25) is 5.91 Å². The molecule has 1 fully saturated rings. The minimum Gasteiger partial charge on any atom is -0.354 e. The van der Waals surface area contributed by atoms with Gasteiger partial charge < -0.3 is 16.0 Å². The molecule has 0 bridgehead atoms. The average Bonchev–Trinajstić information content (AvgIpc) is 2.54. The number of carbonyl (C=O) groups excluding carboxylic acids is 1. The fourth-order valence-electron chi connectivity index (χ4n) is 1.89. The summed E-state index contributed by atoms with van der Waals surface area (Å²) in [6, 6.07) is 3.93. The van der Waals surface area contributed by atoms with E-state index in [0.717, 1.165) is 17.9 Å². The molecule has 1 aliphatic rings. The highest BCUT2D eigenvalue weighted by Gasteiger charge is 2.15. The molecule has 0 saturated carbocycles. The van der Waals surface area contributed by atoms with Crippen molar-refractivity contribution in [3.05, 3.63) is 23.9 Å². The summed E-state index contributed by atoms with van der Waals surface area (Å²) in [5.41, 5.74) is 6.92. The number of nitrogens with two attached hydrogens (primary N) is 1. The Balaban J connectivity index is 2.15. The first kappa shape index (κ1) is 11.9. The summed E-state index contributed by atoms with van der Waals surface area (Å²) in [5, 5.41) is 2.85. The van der Waals surface area contributed by atoms with Crippen molar-refractivity contribution in [3.8, 4) is 0 Å². The first-order valence-electron chi connectivity index (χ1n) is 5.90. The Labute approximate surface area is 101 Å². The molecule has 0 aromatic carbocycles. The molecule has 1 atom stereocenters. The molecule has 0 aliphatic carbocycles. The molecule has 1 amide bonds. The third-order valence-electron chi connectivity index (χ3n) is 2.93. The van der Waals surface area contributed by atoms with Crippen LogP contribution < -0.4 is 16.0 Å². The highest BCUT2D eigenvalue weighted by Crippen LogP contribution is 2.17. The molecule has 5 heteroatoms. The Bertz CT molecular complexity index is 405. The van der Waals surface area contributed by atoms with Gasteiger partial charge in [-0.15, -0.1) is 0 Å². The molecule has 5 nitrogen and oxygen atoms in total. The highest BCUT2D eigenvalue weighted by molar-refractivity contribution is 5.77. The van der Waals surface area contributed by atoms with Crippen LogP contribution in [0.2, 0.25) is 0 Å². The van der Waals surface area contributed by atoms with Gasteiger partial charge >= 0.3 is 0 Å². The fraction of sp³-hybridized carbons (Fsp3) is 0.500. The van der Waals surface area contributed by atoms with Crippen molar-refractivity contribution in [2.75, 3.05) is 24.5 Å². The molecule has 1 saturated heterocycles. The van der Waals surface area contributed by atoms with E-state index in [-0.39, 0.29) is 11.9 Å². The maximum Gasteiger partial charge on any atom is 0.221 e. The van der Waals surface area contributed by atoms with Crippen LogP contribution in [0.3, 0.4) is 0 Å². The molecule has 2 heterocycles. The summed E-state index contributed by atoms with van der Waals surface area (Å²) in [7, 11) is 0. The van der Waals surface area contributed by atoms with Gasteiger partial charge in [-0.3, -0.25) is 4.79 Å². The topological polar surface area (TPSA) is 71.2 Å². The average molecular weight is 234 g/mol. The number of hydrogen-bond acceptors (Lipinski definition) is 4. The van der Waals surface area contributed by atoms with Crippen LogP contribution >= 0.6 is 0 Å². The zero-order valence-corrected chi connectivity index (χ0v) is 10.0. The summed E-state index contributed by atoms with van der Waals surface area (Å²) in [5.74, 6) is 1.01. The van der Waals surface area contributed by atoms with Crippen LogP contribution in [0.25, 0.3) is 0 Å². The molecule has 0 radical (unpaired) electrons. The van der Waals surface area contributed by atoms with Gasteiger partial charge in [-0.2, -0.15) is 0 Å². The van der Waals surface area contributed by atoms with Crippen LogP contribution in [0.4, 0.5) is 5.82 Å². The molecule has 2 rings (SSSR count). The largest absolute Gasteiger partial charge is 0.354 e. The van der Waals surface area contributed by atoms with Crippen LogP contribution in [0.5, 0.6) is 0 Å². The van der Waals surface area contributed by atoms with Crippen molar-refractivity contribution >= 4 is 11.7 Å². The van der Waals surface area contributed by atoms with E-state index in [1.165, 1.54) is 0 Å². The molecule has 1 aromatic rings. The van der Waals surface area contributed by atoms with E-state index in [0.29, 0.717) is 19.5 Å². The number of pyridine rings is 1. The Morgan fingerprint density at radius 1 is 1.53 bits per heavy atom. The number of nitrogens with one attached hydrogen (secondary N) is 1. The van der Waals surface area contributed by atoms with E-state index < -0.39 is 0 Å². The van der Waals surface area contributed by atoms with Gasteiger partial charge in [-0.25, -0.2) is 4.98 Å². The number of aromatic nitrogens is 1. The molecule has 17 heavy (non-hydrogen) atoms. The SMILES string of the molecule is CC(N)c1ccnc(N2CCNC(=O)CC2)c1. The number of amides is 1. The highest BCUT2D eigenvalue weighted by atomic mass is 16.1. The normalized spacial score (nSPS) is 18.5. The van der Waals surface area contributed by atoms with E-state index in [2.05, 4.69) is 15.2 Å². The van der Waals surface area contributed by atoms with Crippen molar-refractivity contribution < 1.29 is 4.79 Å². The van der Waals surface area contributed by atoms with Crippen molar-refractivity contribution in [2.45, 2.75) is 19.4 Å². The predicted octanol–water partition coefficient (Wildman–Crippen LogP) is 0.428. The van der Waals surface area contributed by atoms with Crippen molar-refractivity contribution in [3.63, 3.8) is 0 Å². The van der Waals surface area contributed by atoms with E-state index in [1.807, 2.05) is 19.1 Å². The van der Waals surface area contributed by atoms with Crippen LogP contribution in [-0.4, -0.2) is 30.5 Å². The summed E-state index contributed by atoms with van der Waals surface area (Å²) in [6.07, 6.45) is 2.29. The van der Waals surface area contributed by atoms with E-state index in [1.54, 1.807) is 6.20 Å². The number of hydrogen-bond donors (Lipinski definition) is 2. The van der Waals surface area contributed by atoms with Gasteiger partial charge in [0.25, 0.3) is 0 Å². The number of rotatable bonds is 2. The van der Waals surface area contributed by atoms with Gasteiger partial charge in [0.1, 0.15) is 5.82 Å². The van der Waals surface area contributed by atoms with Gasteiger partial charge in [-0.1, -0.05) is 0 Å². The molecular weight excluding hydrogens is 216 g/mol. The molecule has 1 unspecified atom stereocenters. The molecule has 1 aliphatic heterocycles. The molecule has 0 spiro atoms. The van der Waals surface area contributed by atoms with E-state index in [4.69, 9.17) is 5.73 Å². The lowest BCUT2D eigenvalue weighted by Crippen LogP contribution is -2.29. The Morgan fingerprint density at radius 2 is 2.35 bits per heavy atom. The van der Waals surface area contributed by atoms with Crippen LogP contribution in [0, 0.1) is 0 Å². The Morgan fingerprint density at radius 3 is 3.12 bits per heavy atom. The summed E-state index contributed by atoms with van der Waals surface area (Å²) < 4.78 is 0. The number of anilines is 1. The molecular formula is C12H18N4O. The summed E-state index contributed by atoms with van der Waals surface area (Å²) >= 11 is 0. The molecule has 3 N–H and O–H groups in total. The third-order valence-corrected chi connectivity index (χ3v) is 2.93. The fourth-order valence-corrected chi connectivity index (χ4v) is 1.89. The number of nitrogens with zero attached hydrogens (tertiary/aromatic N) is 2. The smallest absolute Gasteiger partial charge is 0.221 e. The van der Waals surface area contributed by atoms with Crippen LogP contribution in [0.15, 0.2) is 18.3 Å². The van der Waals surface area contributed by atoms with Gasteiger partial charge in [0, 0.05) is 38.3 Å². The van der Waals surface area contributed by atoms with Crippen molar-refractivity contribution in [2.24, 2.45) is 5.73 Å². The minimum atomic E-state index is 0.00323. The van der Waals surface area contributed by atoms with Gasteiger partial charge in [0.15, 0.2) is 0 Å². The Hall–Kier alpha value is -1.62. The second-order valence-electron chi connectivity index (χ2n) is 4.32. The maximum absolute atomic E-state index is 11.3. The predicted molar refractivity (Wildman–Crippen MR) is 66.7 cm³/mol. The number of carbonyl (C=O) groups is 1. The molecule has 1 aromatic heterocycles. The quantitative estimate of drug-likeness (QED) is 0.778. The van der Waals surface area contributed by atoms with Crippen LogP contribution in [-0.2, 0) is 4.79 Å². The summed E-state index contributed by atoms with van der Waals surface area (Å²) in [4.78, 5) is 17.7. The van der Waals surface area contributed by atoms with E-state index in [9.17, 15) is 4.79 Å². The van der Waals surface area contributed by atoms with Crippen molar-refractivity contribution in [1.82, 2.24) is 10.3 Å². The van der Waals surface area contributed by atoms with E-state index >= 15 is 0 Å². The zero-order chi connectivity index (χ0) is 12.3. The Kier molecular flexibility index (Phi) is 3.58. The lowest BCUT2D eigenvalue weighted by molar-refractivity contribution is -0.120. The minimum absolute atomic E-state index is 0.00323. The monoisotopic (exact) mass is 234 g/mol. The lowest BCUT2D eigenvalue weighted by atomic mass is 10.1. The van der Waals surface area contributed by atoms with Gasteiger partial charge in [0.05, 0.1) is 0 Å². The van der Waals surface area contributed by atoms with Crippen LogP contribution in [0.1, 0.15) is 24.9 Å². The second-order valence-corrected chi connectivity index (χ2v) is 4.32. The lowest BCUT2D eigenvalue weighted by Gasteiger charge is -2.21. The van der Waals surface area contributed by atoms with Gasteiger partial charge in [-0.05, 0) is 24.6 Å².